The van der Waals surface area contributed by atoms with Crippen molar-refractivity contribution in [3.8, 4) is 11.8 Å². The van der Waals surface area contributed by atoms with Crippen LogP contribution in [0.4, 0.5) is 18.9 Å². The molecule has 0 spiro atoms. The van der Waals surface area contributed by atoms with Gasteiger partial charge in [-0.05, 0) is 48.4 Å². The number of aromatic nitrogens is 2. The Kier molecular flexibility index (Phi) is 7.25. The molecule has 9 heteroatoms. The number of halogens is 3. The maximum absolute atomic E-state index is 13.9. The minimum atomic E-state index is -4.76. The summed E-state index contributed by atoms with van der Waals surface area (Å²) in [4.78, 5) is 12.8. The Morgan fingerprint density at radius 1 is 1.13 bits per heavy atom. The van der Waals surface area contributed by atoms with Gasteiger partial charge in [0.2, 0.25) is 0 Å². The minimum absolute atomic E-state index is 0.0288. The number of rotatable bonds is 6. The molecule has 0 amide bonds. The lowest BCUT2D eigenvalue weighted by Gasteiger charge is -2.33. The molecule has 0 bridgehead atoms. The number of ether oxygens (including phenoxy) is 1. The van der Waals surface area contributed by atoms with Crippen molar-refractivity contribution in [1.82, 2.24) is 9.78 Å². The summed E-state index contributed by atoms with van der Waals surface area (Å²) in [5, 5.41) is 17.2. The Bertz CT molecular complexity index is 1410. The van der Waals surface area contributed by atoms with Crippen LogP contribution >= 0.6 is 0 Å². The van der Waals surface area contributed by atoms with Gasteiger partial charge in [-0.25, -0.2) is 4.68 Å². The SMILES string of the molecule is CC1(C)CC(=O)c2c(C(F)(F)F)nn(-c3ccc(C#N)c(N[C@H]4CCCC[C@@H]4OCc4ccccc4)c3)c2C1. The molecule has 0 unspecified atom stereocenters. The second-order valence-corrected chi connectivity index (χ2v) is 11.2. The Labute approximate surface area is 225 Å². The Balaban J connectivity index is 1.48. The van der Waals surface area contributed by atoms with Gasteiger partial charge in [-0.1, -0.05) is 57.0 Å². The number of ketones is 1. The quantitative estimate of drug-likeness (QED) is 0.372. The summed E-state index contributed by atoms with van der Waals surface area (Å²) in [7, 11) is 0. The van der Waals surface area contributed by atoms with Gasteiger partial charge in [0, 0.05) is 6.42 Å². The Hall–Kier alpha value is -3.64. The summed E-state index contributed by atoms with van der Waals surface area (Å²) in [5.41, 5.74) is 0.578. The molecule has 1 fully saturated rings. The molecule has 5 rings (SSSR count). The molecule has 0 saturated heterocycles. The highest BCUT2D eigenvalue weighted by atomic mass is 19.4. The highest BCUT2D eigenvalue weighted by Crippen LogP contribution is 2.42. The van der Waals surface area contributed by atoms with E-state index in [1.54, 1.807) is 18.2 Å². The second kappa shape index (κ2) is 10.5. The molecule has 3 aromatic rings. The molecule has 6 nitrogen and oxygen atoms in total. The molecule has 0 aliphatic heterocycles. The average Bonchev–Trinajstić information content (AvgIpc) is 3.28. The molecule has 1 aromatic heterocycles. The lowest BCUT2D eigenvalue weighted by Crippen LogP contribution is -2.38. The third-order valence-corrected chi connectivity index (χ3v) is 7.53. The fourth-order valence-corrected chi connectivity index (χ4v) is 5.68. The van der Waals surface area contributed by atoms with Crippen LogP contribution < -0.4 is 5.32 Å². The average molecular weight is 537 g/mol. The van der Waals surface area contributed by atoms with Crippen LogP contribution in [-0.4, -0.2) is 27.7 Å². The predicted molar refractivity (Wildman–Crippen MR) is 141 cm³/mol. The molecule has 2 aliphatic carbocycles. The zero-order valence-corrected chi connectivity index (χ0v) is 22.0. The van der Waals surface area contributed by atoms with Gasteiger partial charge in [-0.2, -0.15) is 23.5 Å². The number of nitrogens with one attached hydrogen (secondary N) is 1. The van der Waals surface area contributed by atoms with Crippen LogP contribution in [0.5, 0.6) is 0 Å². The number of carbonyl (C=O) groups is 1. The van der Waals surface area contributed by atoms with Crippen LogP contribution in [0.1, 0.15) is 78.8 Å². The fraction of sp³-hybridized carbons (Fsp3) is 0.433. The molecule has 2 atom stereocenters. The molecular weight excluding hydrogens is 505 g/mol. The highest BCUT2D eigenvalue weighted by molar-refractivity contribution is 6.00. The highest BCUT2D eigenvalue weighted by Gasteiger charge is 2.45. The number of carbonyl (C=O) groups excluding carboxylic acids is 1. The van der Waals surface area contributed by atoms with E-state index in [0.717, 1.165) is 31.2 Å². The third-order valence-electron chi connectivity index (χ3n) is 7.53. The van der Waals surface area contributed by atoms with Crippen LogP contribution in [-0.2, 0) is 23.9 Å². The molecule has 0 radical (unpaired) electrons. The zero-order chi connectivity index (χ0) is 27.8. The summed E-state index contributed by atoms with van der Waals surface area (Å²) >= 11 is 0. The number of fused-ring (bicyclic) bond motifs is 1. The Morgan fingerprint density at radius 2 is 1.87 bits per heavy atom. The van der Waals surface area contributed by atoms with Crippen molar-refractivity contribution in [2.45, 2.75) is 77.3 Å². The van der Waals surface area contributed by atoms with Gasteiger partial charge in [0.25, 0.3) is 0 Å². The lowest BCUT2D eigenvalue weighted by atomic mass is 9.75. The number of hydrogen-bond acceptors (Lipinski definition) is 5. The summed E-state index contributed by atoms with van der Waals surface area (Å²) in [6.07, 6.45) is -0.792. The number of alkyl halides is 3. The molecule has 1 N–H and O–H groups in total. The smallest absolute Gasteiger partial charge is 0.379 e. The topological polar surface area (TPSA) is 79.9 Å². The number of benzene rings is 2. The van der Waals surface area contributed by atoms with E-state index in [9.17, 15) is 23.2 Å². The lowest BCUT2D eigenvalue weighted by molar-refractivity contribution is -0.141. The monoisotopic (exact) mass is 536 g/mol. The van der Waals surface area contributed by atoms with Crippen LogP contribution in [0.25, 0.3) is 5.69 Å². The third kappa shape index (κ3) is 5.71. The van der Waals surface area contributed by atoms with Crippen molar-refractivity contribution in [2.24, 2.45) is 5.41 Å². The minimum Gasteiger partial charge on any atom is -0.379 e. The van der Waals surface area contributed by atoms with E-state index in [0.29, 0.717) is 23.5 Å². The predicted octanol–water partition coefficient (Wildman–Crippen LogP) is 6.86. The molecule has 204 valence electrons. The number of hydrogen-bond donors (Lipinski definition) is 1. The first-order chi connectivity index (χ1) is 18.6. The second-order valence-electron chi connectivity index (χ2n) is 11.2. The number of anilines is 1. The largest absolute Gasteiger partial charge is 0.435 e. The van der Waals surface area contributed by atoms with Crippen molar-refractivity contribution in [2.75, 3.05) is 5.32 Å². The van der Waals surface area contributed by atoms with Gasteiger partial charge in [0.05, 0.1) is 46.9 Å². The first kappa shape index (κ1) is 26.9. The van der Waals surface area contributed by atoms with Gasteiger partial charge in [0.15, 0.2) is 11.5 Å². The van der Waals surface area contributed by atoms with Gasteiger partial charge in [-0.15, -0.1) is 0 Å². The van der Waals surface area contributed by atoms with E-state index in [4.69, 9.17) is 4.74 Å². The van der Waals surface area contributed by atoms with E-state index in [1.807, 2.05) is 44.2 Å². The summed E-state index contributed by atoms with van der Waals surface area (Å²) in [6, 6.07) is 16.8. The number of nitrogens with zero attached hydrogens (tertiary/aromatic N) is 3. The standard InChI is InChI=1S/C30H31F3N4O2/c1-29(2)15-24-27(25(38)16-29)28(30(31,32)33)36-37(24)21-13-12-20(17-34)23(14-21)35-22-10-6-7-11-26(22)39-18-19-8-4-3-5-9-19/h3-5,8-9,12-14,22,26,35H,6-7,10-11,15-16,18H2,1-2H3/t22-,26-/m0/s1. The van der Waals surface area contributed by atoms with E-state index < -0.39 is 23.1 Å². The normalized spacial score (nSPS) is 20.8. The van der Waals surface area contributed by atoms with E-state index >= 15 is 0 Å². The molecule has 39 heavy (non-hydrogen) atoms. The van der Waals surface area contributed by atoms with Gasteiger partial charge in [0.1, 0.15) is 6.07 Å². The van der Waals surface area contributed by atoms with Crippen molar-refractivity contribution >= 4 is 11.5 Å². The number of Topliss-reactive ketones (excluding diaryl/α,β-unsaturated/α-hetero) is 1. The molecule has 1 heterocycles. The number of nitriles is 1. The van der Waals surface area contributed by atoms with Gasteiger partial charge < -0.3 is 10.1 Å². The fourth-order valence-electron chi connectivity index (χ4n) is 5.68. The Morgan fingerprint density at radius 3 is 2.59 bits per heavy atom. The molecule has 1 saturated carbocycles. The van der Waals surface area contributed by atoms with Crippen LogP contribution in [0, 0.1) is 16.7 Å². The van der Waals surface area contributed by atoms with E-state index in [-0.39, 0.29) is 36.2 Å². The van der Waals surface area contributed by atoms with Crippen LogP contribution in [0.2, 0.25) is 0 Å². The van der Waals surface area contributed by atoms with E-state index in [2.05, 4.69) is 16.5 Å². The zero-order valence-electron chi connectivity index (χ0n) is 22.0. The van der Waals surface area contributed by atoms with Gasteiger partial charge >= 0.3 is 6.18 Å². The summed E-state index contributed by atoms with van der Waals surface area (Å²) < 4.78 is 49.3. The summed E-state index contributed by atoms with van der Waals surface area (Å²) in [6.45, 7) is 4.20. The van der Waals surface area contributed by atoms with Crippen molar-refractivity contribution < 1.29 is 22.7 Å². The van der Waals surface area contributed by atoms with Crippen molar-refractivity contribution in [3.05, 3.63) is 76.6 Å². The maximum Gasteiger partial charge on any atom is 0.435 e. The summed E-state index contributed by atoms with van der Waals surface area (Å²) in [5.74, 6) is -0.549. The molecule has 2 aromatic carbocycles. The first-order valence-corrected chi connectivity index (χ1v) is 13.2. The van der Waals surface area contributed by atoms with Crippen molar-refractivity contribution in [1.29, 1.82) is 5.26 Å². The van der Waals surface area contributed by atoms with Gasteiger partial charge in [-0.3, -0.25) is 4.79 Å². The van der Waals surface area contributed by atoms with Crippen LogP contribution in [0.3, 0.4) is 0 Å². The first-order valence-electron chi connectivity index (χ1n) is 13.2. The maximum atomic E-state index is 13.9. The molecule has 2 aliphatic rings. The van der Waals surface area contributed by atoms with Crippen LogP contribution in [0.15, 0.2) is 48.5 Å². The van der Waals surface area contributed by atoms with Crippen molar-refractivity contribution in [3.63, 3.8) is 0 Å². The molecular formula is C30H31F3N4O2. The van der Waals surface area contributed by atoms with E-state index in [1.165, 1.54) is 4.68 Å².